The molecule has 2 rings (SSSR count). The molecule has 102 valence electrons. The van der Waals surface area contributed by atoms with Crippen LogP contribution in [0.15, 0.2) is 36.4 Å². The molecule has 1 aromatic carbocycles. The van der Waals surface area contributed by atoms with Gasteiger partial charge in [-0.15, -0.1) is 0 Å². The van der Waals surface area contributed by atoms with Crippen molar-refractivity contribution >= 4 is 12.3 Å². The van der Waals surface area contributed by atoms with Gasteiger partial charge in [-0.2, -0.15) is 0 Å². The molecule has 2 aromatic rings. The zero-order valence-corrected chi connectivity index (χ0v) is 10.8. The molecule has 0 saturated carbocycles. The maximum absolute atomic E-state index is 13.5. The van der Waals surface area contributed by atoms with Gasteiger partial charge in [-0.1, -0.05) is 30.3 Å². The number of aromatic nitrogens is 1. The molecule has 4 nitrogen and oxygen atoms in total. The highest BCUT2D eigenvalue weighted by Crippen LogP contribution is 2.13. The van der Waals surface area contributed by atoms with Crippen LogP contribution in [0.4, 0.5) is 4.39 Å². The lowest BCUT2D eigenvalue weighted by Gasteiger charge is -2.07. The average Bonchev–Trinajstić information content (AvgIpc) is 2.47. The molecule has 0 bridgehead atoms. The SMILES string of the molecule is Cc1nc(C=O)c(F)cc1C(=O)OCc1ccccc1. The quantitative estimate of drug-likeness (QED) is 0.635. The highest BCUT2D eigenvalue weighted by atomic mass is 19.1. The average molecular weight is 273 g/mol. The van der Waals surface area contributed by atoms with Crippen LogP contribution in [-0.2, 0) is 11.3 Å². The van der Waals surface area contributed by atoms with Crippen LogP contribution < -0.4 is 0 Å². The zero-order valence-electron chi connectivity index (χ0n) is 10.8. The first kappa shape index (κ1) is 13.9. The Morgan fingerprint density at radius 3 is 2.70 bits per heavy atom. The Morgan fingerprint density at radius 1 is 1.35 bits per heavy atom. The van der Waals surface area contributed by atoms with E-state index in [4.69, 9.17) is 4.74 Å². The van der Waals surface area contributed by atoms with Crippen molar-refractivity contribution in [3.8, 4) is 0 Å². The molecular weight excluding hydrogens is 261 g/mol. The van der Waals surface area contributed by atoms with Gasteiger partial charge in [-0.3, -0.25) is 4.79 Å². The molecule has 0 unspecified atom stereocenters. The normalized spacial score (nSPS) is 10.1. The second-order valence-electron chi connectivity index (χ2n) is 4.17. The van der Waals surface area contributed by atoms with Gasteiger partial charge in [0.1, 0.15) is 12.3 Å². The van der Waals surface area contributed by atoms with E-state index in [0.717, 1.165) is 11.6 Å². The van der Waals surface area contributed by atoms with E-state index in [1.165, 1.54) is 6.92 Å². The Hall–Kier alpha value is -2.56. The van der Waals surface area contributed by atoms with Crippen LogP contribution >= 0.6 is 0 Å². The van der Waals surface area contributed by atoms with Gasteiger partial charge in [0.05, 0.1) is 11.3 Å². The highest BCUT2D eigenvalue weighted by Gasteiger charge is 2.16. The standard InChI is InChI=1S/C15H12FNO3/c1-10-12(7-13(16)14(8-18)17-10)15(19)20-9-11-5-3-2-4-6-11/h2-8H,9H2,1H3. The number of rotatable bonds is 4. The van der Waals surface area contributed by atoms with E-state index >= 15 is 0 Å². The molecular formula is C15H12FNO3. The number of pyridine rings is 1. The van der Waals surface area contributed by atoms with Gasteiger partial charge >= 0.3 is 5.97 Å². The van der Waals surface area contributed by atoms with Gasteiger partial charge in [0.25, 0.3) is 0 Å². The number of hydrogen-bond donors (Lipinski definition) is 0. The number of aryl methyl sites for hydroxylation is 1. The molecule has 20 heavy (non-hydrogen) atoms. The van der Waals surface area contributed by atoms with Gasteiger partial charge in [-0.25, -0.2) is 14.2 Å². The summed E-state index contributed by atoms with van der Waals surface area (Å²) in [4.78, 5) is 26.1. The lowest BCUT2D eigenvalue weighted by Crippen LogP contribution is -2.10. The van der Waals surface area contributed by atoms with Crippen molar-refractivity contribution in [2.24, 2.45) is 0 Å². The number of carbonyl (C=O) groups is 2. The number of ether oxygens (including phenoxy) is 1. The van der Waals surface area contributed by atoms with Gasteiger partial charge in [0, 0.05) is 0 Å². The lowest BCUT2D eigenvalue weighted by atomic mass is 10.2. The summed E-state index contributed by atoms with van der Waals surface area (Å²) >= 11 is 0. The molecule has 0 aliphatic carbocycles. The highest BCUT2D eigenvalue weighted by molar-refractivity contribution is 5.91. The number of esters is 1. The van der Waals surface area contributed by atoms with E-state index in [1.807, 2.05) is 30.3 Å². The van der Waals surface area contributed by atoms with Crippen molar-refractivity contribution in [3.63, 3.8) is 0 Å². The molecule has 0 fully saturated rings. The molecule has 5 heteroatoms. The van der Waals surface area contributed by atoms with Crippen LogP contribution in [-0.4, -0.2) is 17.2 Å². The first-order valence-corrected chi connectivity index (χ1v) is 5.95. The minimum atomic E-state index is -0.836. The Bertz CT molecular complexity index is 641. The molecule has 0 N–H and O–H groups in total. The van der Waals surface area contributed by atoms with E-state index in [9.17, 15) is 14.0 Å². The van der Waals surface area contributed by atoms with Crippen LogP contribution in [0.1, 0.15) is 32.1 Å². The summed E-state index contributed by atoms with van der Waals surface area (Å²) in [6.07, 6.45) is 0.307. The van der Waals surface area contributed by atoms with Crippen molar-refractivity contribution in [1.29, 1.82) is 0 Å². The monoisotopic (exact) mass is 273 g/mol. The van der Waals surface area contributed by atoms with Crippen molar-refractivity contribution < 1.29 is 18.7 Å². The Morgan fingerprint density at radius 2 is 2.05 bits per heavy atom. The predicted octanol–water partition coefficient (Wildman–Crippen LogP) is 2.70. The summed E-state index contributed by atoms with van der Waals surface area (Å²) in [5.41, 5.74) is 0.786. The molecule has 0 amide bonds. The second kappa shape index (κ2) is 6.06. The number of nitrogens with zero attached hydrogens (tertiary/aromatic N) is 1. The van der Waals surface area contributed by atoms with E-state index < -0.39 is 11.8 Å². The van der Waals surface area contributed by atoms with Gasteiger partial charge in [0.2, 0.25) is 0 Å². The van der Waals surface area contributed by atoms with Crippen LogP contribution in [0.5, 0.6) is 0 Å². The molecule has 0 saturated heterocycles. The van der Waals surface area contributed by atoms with E-state index in [0.29, 0.717) is 6.29 Å². The lowest BCUT2D eigenvalue weighted by molar-refractivity contribution is 0.0470. The molecule has 0 aliphatic heterocycles. The zero-order chi connectivity index (χ0) is 14.5. The third-order valence-electron chi connectivity index (χ3n) is 2.74. The Balaban J connectivity index is 2.13. The first-order chi connectivity index (χ1) is 9.61. The summed E-state index contributed by atoms with van der Waals surface area (Å²) in [6.45, 7) is 1.61. The molecule has 1 heterocycles. The largest absolute Gasteiger partial charge is 0.457 e. The minimum Gasteiger partial charge on any atom is -0.457 e. The van der Waals surface area contributed by atoms with Crippen molar-refractivity contribution in [3.05, 3.63) is 64.7 Å². The minimum absolute atomic E-state index is 0.0176. The Kier molecular flexibility index (Phi) is 4.20. The molecule has 1 aromatic heterocycles. The number of carbonyl (C=O) groups excluding carboxylic acids is 2. The fourth-order valence-corrected chi connectivity index (χ4v) is 1.69. The van der Waals surface area contributed by atoms with Crippen LogP contribution in [0.25, 0.3) is 0 Å². The molecule has 0 atom stereocenters. The predicted molar refractivity (Wildman–Crippen MR) is 69.9 cm³/mol. The van der Waals surface area contributed by atoms with E-state index in [1.54, 1.807) is 0 Å². The number of halogens is 1. The summed E-state index contributed by atoms with van der Waals surface area (Å²) in [5.74, 6) is -1.51. The fraction of sp³-hybridized carbons (Fsp3) is 0.133. The molecule has 0 spiro atoms. The van der Waals surface area contributed by atoms with Gasteiger partial charge in [-0.05, 0) is 18.6 Å². The maximum atomic E-state index is 13.5. The van der Waals surface area contributed by atoms with Crippen LogP contribution in [0.2, 0.25) is 0 Å². The smallest absolute Gasteiger partial charge is 0.340 e. The number of benzene rings is 1. The number of aldehydes is 1. The van der Waals surface area contributed by atoms with Crippen molar-refractivity contribution in [1.82, 2.24) is 4.98 Å². The topological polar surface area (TPSA) is 56.3 Å². The maximum Gasteiger partial charge on any atom is 0.340 e. The summed E-state index contributed by atoms with van der Waals surface area (Å²) in [7, 11) is 0. The van der Waals surface area contributed by atoms with Crippen LogP contribution in [0, 0.1) is 12.7 Å². The first-order valence-electron chi connectivity index (χ1n) is 5.95. The third-order valence-corrected chi connectivity index (χ3v) is 2.74. The van der Waals surface area contributed by atoms with Gasteiger partial charge in [0.15, 0.2) is 12.1 Å². The van der Waals surface area contributed by atoms with Gasteiger partial charge < -0.3 is 4.74 Å². The molecule has 0 radical (unpaired) electrons. The fourth-order valence-electron chi connectivity index (χ4n) is 1.69. The van der Waals surface area contributed by atoms with E-state index in [2.05, 4.69) is 4.98 Å². The Labute approximate surface area is 115 Å². The van der Waals surface area contributed by atoms with E-state index in [-0.39, 0.29) is 23.6 Å². The van der Waals surface area contributed by atoms with Crippen molar-refractivity contribution in [2.75, 3.05) is 0 Å². The second-order valence-corrected chi connectivity index (χ2v) is 4.17. The van der Waals surface area contributed by atoms with Crippen LogP contribution in [0.3, 0.4) is 0 Å². The third kappa shape index (κ3) is 3.06. The number of hydrogen-bond acceptors (Lipinski definition) is 4. The summed E-state index contributed by atoms with van der Waals surface area (Å²) in [6, 6.07) is 10.1. The molecule has 0 aliphatic rings. The summed E-state index contributed by atoms with van der Waals surface area (Å²) < 4.78 is 18.5. The summed E-state index contributed by atoms with van der Waals surface area (Å²) in [5, 5.41) is 0. The van der Waals surface area contributed by atoms with Crippen molar-refractivity contribution in [2.45, 2.75) is 13.5 Å².